The van der Waals surface area contributed by atoms with Crippen LogP contribution in [0.15, 0.2) is 66.7 Å². The van der Waals surface area contributed by atoms with Crippen molar-refractivity contribution in [3.63, 3.8) is 0 Å². The monoisotopic (exact) mass is 488 g/mol. The SMILES string of the molecule is CN1CCN(c2ccc(Cl)cc2NC(=O)c2ccc3c(c2)C(=O)N(Cc2ccccc2)C3=O)CC1. The first-order valence-electron chi connectivity index (χ1n) is 11.5. The maximum atomic E-state index is 13.2. The predicted molar refractivity (Wildman–Crippen MR) is 136 cm³/mol. The Morgan fingerprint density at radius 1 is 0.886 bits per heavy atom. The van der Waals surface area contributed by atoms with Gasteiger partial charge in [0, 0.05) is 36.8 Å². The number of imide groups is 1. The van der Waals surface area contributed by atoms with E-state index < -0.39 is 5.91 Å². The standard InChI is InChI=1S/C27H25ClN4O3/c1-30-11-13-31(14-12-30)24-10-8-20(28)16-23(24)29-25(33)19-7-9-21-22(15-19)27(35)32(26(21)34)17-18-5-3-2-4-6-18/h2-10,15-16H,11-14,17H2,1H3,(H,29,33). The Balaban J connectivity index is 1.37. The molecule has 2 aliphatic rings. The molecule has 178 valence electrons. The average Bonchev–Trinajstić information content (AvgIpc) is 3.10. The molecular weight excluding hydrogens is 464 g/mol. The van der Waals surface area contributed by atoms with Crippen LogP contribution >= 0.6 is 11.6 Å². The van der Waals surface area contributed by atoms with Crippen molar-refractivity contribution < 1.29 is 14.4 Å². The molecule has 0 atom stereocenters. The van der Waals surface area contributed by atoms with Crippen molar-refractivity contribution in [1.82, 2.24) is 9.80 Å². The average molecular weight is 489 g/mol. The molecule has 1 fully saturated rings. The molecular formula is C27H25ClN4O3. The summed E-state index contributed by atoms with van der Waals surface area (Å²) in [6.45, 7) is 3.72. The molecule has 0 unspecified atom stereocenters. The quantitative estimate of drug-likeness (QED) is 0.546. The molecule has 7 nitrogen and oxygen atoms in total. The molecule has 2 heterocycles. The lowest BCUT2D eigenvalue weighted by Crippen LogP contribution is -2.44. The van der Waals surface area contributed by atoms with Gasteiger partial charge in [0.25, 0.3) is 17.7 Å². The lowest BCUT2D eigenvalue weighted by molar-refractivity contribution is 0.0642. The van der Waals surface area contributed by atoms with Gasteiger partial charge in [-0.2, -0.15) is 0 Å². The highest BCUT2D eigenvalue weighted by atomic mass is 35.5. The van der Waals surface area contributed by atoms with Crippen LogP contribution < -0.4 is 10.2 Å². The fourth-order valence-corrected chi connectivity index (χ4v) is 4.64. The molecule has 3 amide bonds. The molecule has 0 radical (unpaired) electrons. The zero-order chi connectivity index (χ0) is 24.5. The van der Waals surface area contributed by atoms with Crippen LogP contribution in [-0.2, 0) is 6.54 Å². The van der Waals surface area contributed by atoms with Crippen molar-refractivity contribution in [3.05, 3.63) is 94.0 Å². The fraction of sp³-hybridized carbons (Fsp3) is 0.222. The second kappa shape index (κ2) is 9.52. The predicted octanol–water partition coefficient (Wildman–Crippen LogP) is 4.14. The number of halogens is 1. The van der Waals surface area contributed by atoms with Crippen LogP contribution in [0.25, 0.3) is 0 Å². The van der Waals surface area contributed by atoms with Gasteiger partial charge in [0.15, 0.2) is 0 Å². The van der Waals surface area contributed by atoms with Crippen molar-refractivity contribution in [2.24, 2.45) is 0 Å². The molecule has 0 saturated carbocycles. The van der Waals surface area contributed by atoms with Gasteiger partial charge >= 0.3 is 0 Å². The van der Waals surface area contributed by atoms with Gasteiger partial charge in [-0.25, -0.2) is 0 Å². The third-order valence-corrected chi connectivity index (χ3v) is 6.70. The number of rotatable bonds is 5. The van der Waals surface area contributed by atoms with Crippen molar-refractivity contribution in [2.45, 2.75) is 6.54 Å². The summed E-state index contributed by atoms with van der Waals surface area (Å²) in [6, 6.07) is 19.4. The van der Waals surface area contributed by atoms with E-state index in [-0.39, 0.29) is 23.9 Å². The van der Waals surface area contributed by atoms with Crippen LogP contribution in [0.1, 0.15) is 36.6 Å². The number of benzene rings is 3. The highest BCUT2D eigenvalue weighted by Crippen LogP contribution is 2.31. The van der Waals surface area contributed by atoms with E-state index in [4.69, 9.17) is 11.6 Å². The van der Waals surface area contributed by atoms with E-state index in [1.807, 2.05) is 42.5 Å². The van der Waals surface area contributed by atoms with Gasteiger partial charge in [-0.1, -0.05) is 41.9 Å². The van der Waals surface area contributed by atoms with Crippen molar-refractivity contribution >= 4 is 40.7 Å². The first-order chi connectivity index (χ1) is 16.9. The Morgan fingerprint density at radius 3 is 2.34 bits per heavy atom. The molecule has 1 saturated heterocycles. The number of likely N-dealkylation sites (N-methyl/N-ethyl adjacent to an activating group) is 1. The minimum absolute atomic E-state index is 0.186. The Labute approximate surface area is 208 Å². The minimum Gasteiger partial charge on any atom is -0.367 e. The van der Waals surface area contributed by atoms with E-state index in [9.17, 15) is 14.4 Å². The Morgan fingerprint density at radius 2 is 1.60 bits per heavy atom. The molecule has 0 spiro atoms. The maximum Gasteiger partial charge on any atom is 0.261 e. The molecule has 5 rings (SSSR count). The van der Waals surface area contributed by atoms with Gasteiger partial charge in [0.2, 0.25) is 0 Å². The van der Waals surface area contributed by atoms with Crippen LogP contribution in [0.3, 0.4) is 0 Å². The third-order valence-electron chi connectivity index (χ3n) is 6.47. The van der Waals surface area contributed by atoms with E-state index in [1.165, 1.54) is 11.0 Å². The first kappa shape index (κ1) is 23.1. The van der Waals surface area contributed by atoms with Crippen LogP contribution in [-0.4, -0.2) is 60.7 Å². The lowest BCUT2D eigenvalue weighted by atomic mass is 10.1. The van der Waals surface area contributed by atoms with E-state index >= 15 is 0 Å². The van der Waals surface area contributed by atoms with E-state index in [2.05, 4.69) is 22.2 Å². The molecule has 1 N–H and O–H groups in total. The minimum atomic E-state index is -0.399. The maximum absolute atomic E-state index is 13.2. The number of piperazine rings is 1. The summed E-state index contributed by atoms with van der Waals surface area (Å²) < 4.78 is 0. The largest absolute Gasteiger partial charge is 0.367 e. The summed E-state index contributed by atoms with van der Waals surface area (Å²) in [4.78, 5) is 44.7. The first-order valence-corrected chi connectivity index (χ1v) is 11.9. The number of amides is 3. The molecule has 35 heavy (non-hydrogen) atoms. The third kappa shape index (κ3) is 4.65. The summed E-state index contributed by atoms with van der Waals surface area (Å²) in [7, 11) is 2.09. The van der Waals surface area contributed by atoms with Gasteiger partial charge in [-0.05, 0) is 49.0 Å². The molecule has 3 aromatic rings. The lowest BCUT2D eigenvalue weighted by Gasteiger charge is -2.35. The highest BCUT2D eigenvalue weighted by molar-refractivity contribution is 6.31. The van der Waals surface area contributed by atoms with E-state index in [0.717, 1.165) is 37.4 Å². The van der Waals surface area contributed by atoms with E-state index in [0.29, 0.717) is 21.8 Å². The van der Waals surface area contributed by atoms with Gasteiger partial charge in [0.1, 0.15) is 0 Å². The van der Waals surface area contributed by atoms with Crippen molar-refractivity contribution in [2.75, 3.05) is 43.4 Å². The van der Waals surface area contributed by atoms with Gasteiger partial charge in [-0.15, -0.1) is 0 Å². The van der Waals surface area contributed by atoms with Gasteiger partial charge < -0.3 is 15.1 Å². The summed E-state index contributed by atoms with van der Waals surface area (Å²) in [5.74, 6) is -1.12. The number of anilines is 2. The van der Waals surface area contributed by atoms with Gasteiger partial charge in [0.05, 0.1) is 29.0 Å². The van der Waals surface area contributed by atoms with E-state index in [1.54, 1.807) is 18.2 Å². The summed E-state index contributed by atoms with van der Waals surface area (Å²) >= 11 is 6.24. The number of carbonyl (C=O) groups is 3. The van der Waals surface area contributed by atoms with Gasteiger partial charge in [-0.3, -0.25) is 19.3 Å². The van der Waals surface area contributed by atoms with Crippen molar-refractivity contribution in [1.29, 1.82) is 0 Å². The number of carbonyl (C=O) groups excluding carboxylic acids is 3. The molecule has 2 aliphatic heterocycles. The highest BCUT2D eigenvalue weighted by Gasteiger charge is 2.36. The number of hydrogen-bond donors (Lipinski definition) is 1. The van der Waals surface area contributed by atoms with Crippen molar-refractivity contribution in [3.8, 4) is 0 Å². The van der Waals surface area contributed by atoms with Crippen LogP contribution in [0, 0.1) is 0 Å². The number of hydrogen-bond acceptors (Lipinski definition) is 5. The fourth-order valence-electron chi connectivity index (χ4n) is 4.47. The zero-order valence-electron chi connectivity index (χ0n) is 19.3. The topological polar surface area (TPSA) is 73.0 Å². The second-order valence-electron chi connectivity index (χ2n) is 8.85. The molecule has 0 bridgehead atoms. The second-order valence-corrected chi connectivity index (χ2v) is 9.28. The zero-order valence-corrected chi connectivity index (χ0v) is 20.1. The van der Waals surface area contributed by atoms with Crippen LogP contribution in [0.5, 0.6) is 0 Å². The Bertz CT molecular complexity index is 1300. The molecule has 3 aromatic carbocycles. The normalized spacial score (nSPS) is 15.9. The van der Waals surface area contributed by atoms with Crippen LogP contribution in [0.4, 0.5) is 11.4 Å². The summed E-state index contributed by atoms with van der Waals surface area (Å²) in [5, 5.41) is 3.47. The number of nitrogens with zero attached hydrogens (tertiary/aromatic N) is 3. The summed E-state index contributed by atoms with van der Waals surface area (Å²) in [6.07, 6.45) is 0. The smallest absolute Gasteiger partial charge is 0.261 e. The number of nitrogens with one attached hydrogen (secondary N) is 1. The number of fused-ring (bicyclic) bond motifs is 1. The molecule has 0 aromatic heterocycles. The Kier molecular flexibility index (Phi) is 6.28. The Hall–Kier alpha value is -3.68. The molecule has 8 heteroatoms. The molecule has 0 aliphatic carbocycles. The van der Waals surface area contributed by atoms with Crippen LogP contribution in [0.2, 0.25) is 5.02 Å². The summed E-state index contributed by atoms with van der Waals surface area (Å²) in [5.41, 5.74) is 3.22.